The van der Waals surface area contributed by atoms with Gasteiger partial charge in [-0.25, -0.2) is 18.1 Å². The number of aromatic nitrogens is 2. The molecular formula is C40H48N4O8S2. The molecule has 1 aromatic heterocycles. The van der Waals surface area contributed by atoms with E-state index >= 15 is 0 Å². The molecule has 3 saturated carbocycles. The number of sulfonamides is 1. The third-order valence-electron chi connectivity index (χ3n) is 12.5. The number of amides is 1. The van der Waals surface area contributed by atoms with Crippen LogP contribution in [0.1, 0.15) is 70.2 Å². The Morgan fingerprint density at radius 1 is 1.07 bits per heavy atom. The number of carbonyl (C=O) groups is 3. The summed E-state index contributed by atoms with van der Waals surface area (Å²) in [4.78, 5) is 48.8. The number of anilines is 2. The first-order valence-electron chi connectivity index (χ1n) is 18.1. The zero-order chi connectivity index (χ0) is 39.1. The van der Waals surface area contributed by atoms with Gasteiger partial charge in [0, 0.05) is 51.6 Å². The average molecular weight is 777 g/mol. The van der Waals surface area contributed by atoms with Gasteiger partial charge in [0.1, 0.15) is 11.9 Å². The van der Waals surface area contributed by atoms with Crippen LogP contribution in [0.4, 0.5) is 11.6 Å². The highest BCUT2D eigenvalue weighted by Crippen LogP contribution is 2.68. The second kappa shape index (κ2) is 15.1. The van der Waals surface area contributed by atoms with Gasteiger partial charge >= 0.3 is 5.97 Å². The number of aliphatic hydroxyl groups excluding tert-OH is 1. The van der Waals surface area contributed by atoms with Crippen molar-refractivity contribution >= 4 is 51.1 Å². The quantitative estimate of drug-likeness (QED) is 0.110. The number of Topliss-reactive ketones (excluding diaryl/α,β-unsaturated/α-hetero) is 1. The van der Waals surface area contributed by atoms with E-state index in [-0.39, 0.29) is 51.4 Å². The number of esters is 1. The monoisotopic (exact) mass is 776 g/mol. The van der Waals surface area contributed by atoms with Gasteiger partial charge < -0.3 is 19.9 Å². The summed E-state index contributed by atoms with van der Waals surface area (Å²) in [5, 5.41) is 14.5. The van der Waals surface area contributed by atoms with Crippen molar-refractivity contribution in [3.63, 3.8) is 0 Å². The summed E-state index contributed by atoms with van der Waals surface area (Å²) >= 11 is 1.28. The molecule has 0 spiro atoms. The number of carbonyl (C=O) groups excluding carboxylic acids is 3. The van der Waals surface area contributed by atoms with E-state index in [1.54, 1.807) is 30.3 Å². The molecule has 2 bridgehead atoms. The Kier molecular flexibility index (Phi) is 11.0. The number of nitrogens with zero attached hydrogens (tertiary/aromatic N) is 2. The summed E-state index contributed by atoms with van der Waals surface area (Å²) in [5.74, 6) is -0.767. The van der Waals surface area contributed by atoms with Crippen LogP contribution >= 0.6 is 11.8 Å². The lowest BCUT2D eigenvalue weighted by atomic mass is 9.44. The van der Waals surface area contributed by atoms with E-state index < -0.39 is 44.9 Å². The molecule has 0 saturated heterocycles. The number of ether oxygens (including phenoxy) is 2. The molecule has 0 radical (unpaired) electrons. The van der Waals surface area contributed by atoms with Crippen molar-refractivity contribution in [2.75, 3.05) is 22.9 Å². The van der Waals surface area contributed by atoms with Crippen LogP contribution in [0, 0.1) is 34.0 Å². The summed E-state index contributed by atoms with van der Waals surface area (Å²) < 4.78 is 39.3. The summed E-state index contributed by atoms with van der Waals surface area (Å²) in [6.07, 6.45) is 5.20. The molecular weight excluding hydrogens is 729 g/mol. The van der Waals surface area contributed by atoms with Crippen molar-refractivity contribution in [3.05, 3.63) is 79.0 Å². The Hall–Kier alpha value is -4.27. The first kappa shape index (κ1) is 39.4. The van der Waals surface area contributed by atoms with Crippen molar-refractivity contribution in [3.8, 4) is 5.88 Å². The summed E-state index contributed by atoms with van der Waals surface area (Å²) in [6, 6.07) is 13.9. The second-order valence-electron chi connectivity index (χ2n) is 15.4. The van der Waals surface area contributed by atoms with Gasteiger partial charge in [0.25, 0.3) is 15.9 Å². The molecule has 54 heavy (non-hydrogen) atoms. The number of aliphatic hydroxyl groups is 1. The molecule has 1 amide bonds. The Morgan fingerprint density at radius 2 is 1.78 bits per heavy atom. The maximum atomic E-state index is 13.7. The van der Waals surface area contributed by atoms with Crippen LogP contribution in [0.3, 0.4) is 0 Å². The fourth-order valence-electron chi connectivity index (χ4n) is 9.14. The molecule has 3 aliphatic rings. The summed E-state index contributed by atoms with van der Waals surface area (Å²) in [7, 11) is -2.59. The van der Waals surface area contributed by atoms with Crippen molar-refractivity contribution in [2.45, 2.75) is 81.8 Å². The van der Waals surface area contributed by atoms with Gasteiger partial charge in [-0.3, -0.25) is 14.4 Å². The van der Waals surface area contributed by atoms with E-state index in [2.05, 4.69) is 47.4 Å². The Bertz CT molecular complexity index is 2030. The third kappa shape index (κ3) is 7.27. The average Bonchev–Trinajstić information content (AvgIpc) is 3.52. The van der Waals surface area contributed by atoms with E-state index in [0.717, 1.165) is 24.2 Å². The summed E-state index contributed by atoms with van der Waals surface area (Å²) in [5.41, 5.74) is -0.883. The molecule has 12 nitrogen and oxygen atoms in total. The Morgan fingerprint density at radius 3 is 2.44 bits per heavy atom. The Balaban J connectivity index is 1.08. The largest absolute Gasteiger partial charge is 0.481 e. The van der Waals surface area contributed by atoms with Crippen LogP contribution in [0.15, 0.2) is 83.2 Å². The van der Waals surface area contributed by atoms with E-state index in [0.29, 0.717) is 24.1 Å². The zero-order valence-electron chi connectivity index (χ0n) is 31.2. The van der Waals surface area contributed by atoms with E-state index in [9.17, 15) is 27.9 Å². The summed E-state index contributed by atoms with van der Waals surface area (Å²) in [6.45, 7) is 12.4. The highest BCUT2D eigenvalue weighted by molar-refractivity contribution is 8.00. The molecule has 3 aromatic rings. The lowest BCUT2D eigenvalue weighted by Crippen LogP contribution is -2.63. The standard InChI is InChI=1S/C40H48N4O8S2/c1-7-38(4)22-31(39(5)24(2)16-19-40(25(3)35(38)47)20-17-30(45)34(39)40)52-33(46)23-53-28-12-8-26(9-13-28)36(48)42-27-10-14-29(15-11-27)54(49,50)44-37-41-21-18-32(43-37)51-6/h7-15,18,21,24-25,31,34-35,47H,1,16-17,19-20,22-23H2,2-6H3,(H,42,48)(H,41,43,44)/t24-,25+,31-,34+,35+,38-,39+,40+/m1/s1. The molecule has 288 valence electrons. The van der Waals surface area contributed by atoms with Gasteiger partial charge in [0.05, 0.1) is 23.9 Å². The fraction of sp³-hybridized carbons (Fsp3) is 0.475. The molecule has 3 fully saturated rings. The predicted octanol–water partition coefficient (Wildman–Crippen LogP) is 6.54. The molecule has 8 atom stereocenters. The van der Waals surface area contributed by atoms with Gasteiger partial charge in [0.15, 0.2) is 0 Å². The molecule has 14 heteroatoms. The normalized spacial score (nSPS) is 30.6. The second-order valence-corrected chi connectivity index (χ2v) is 18.1. The van der Waals surface area contributed by atoms with Gasteiger partial charge in [-0.1, -0.05) is 33.8 Å². The molecule has 0 unspecified atom stereocenters. The number of nitrogens with one attached hydrogen (secondary N) is 2. The molecule has 6 rings (SSSR count). The fourth-order valence-corrected chi connectivity index (χ4v) is 10.8. The van der Waals surface area contributed by atoms with E-state index in [1.165, 1.54) is 55.4 Å². The lowest BCUT2D eigenvalue weighted by molar-refractivity contribution is -0.205. The van der Waals surface area contributed by atoms with E-state index in [1.807, 2.05) is 6.92 Å². The van der Waals surface area contributed by atoms with Crippen LogP contribution in [-0.4, -0.2) is 66.2 Å². The molecule has 3 N–H and O–H groups in total. The van der Waals surface area contributed by atoms with Crippen molar-refractivity contribution < 1.29 is 37.4 Å². The van der Waals surface area contributed by atoms with Crippen LogP contribution < -0.4 is 14.8 Å². The van der Waals surface area contributed by atoms with Crippen LogP contribution in [0.2, 0.25) is 0 Å². The lowest BCUT2D eigenvalue weighted by Gasteiger charge is -2.61. The smallest absolute Gasteiger partial charge is 0.316 e. The van der Waals surface area contributed by atoms with Gasteiger partial charge in [-0.15, -0.1) is 18.3 Å². The number of benzene rings is 2. The molecule has 3 aliphatic carbocycles. The van der Waals surface area contributed by atoms with Crippen LogP contribution in [-0.2, 0) is 24.3 Å². The maximum Gasteiger partial charge on any atom is 0.316 e. The highest BCUT2D eigenvalue weighted by Gasteiger charge is 2.68. The maximum absolute atomic E-state index is 13.7. The minimum absolute atomic E-state index is 0.0219. The van der Waals surface area contributed by atoms with Crippen molar-refractivity contribution in [1.82, 2.24) is 9.97 Å². The molecule has 2 aromatic carbocycles. The van der Waals surface area contributed by atoms with Gasteiger partial charge in [-0.2, -0.15) is 4.98 Å². The SMILES string of the molecule is C=C[C@]1(C)C[C@@H](OC(=O)CSc2ccc(C(=O)Nc3ccc(S(=O)(=O)Nc4nccc(OC)n4)cc3)cc2)[C@]2(C)[C@H](C)CC[C@]3(CCC(=O)[C@H]32)[C@@H](C)[C@@H]1O. The predicted molar refractivity (Wildman–Crippen MR) is 206 cm³/mol. The van der Waals surface area contributed by atoms with Crippen molar-refractivity contribution in [2.24, 2.45) is 34.0 Å². The number of hydrogen-bond acceptors (Lipinski definition) is 11. The minimum atomic E-state index is -4.00. The van der Waals surface area contributed by atoms with Gasteiger partial charge in [-0.05, 0) is 91.5 Å². The van der Waals surface area contributed by atoms with E-state index in [4.69, 9.17) is 9.47 Å². The molecule has 0 aliphatic heterocycles. The Labute approximate surface area is 321 Å². The minimum Gasteiger partial charge on any atom is -0.481 e. The molecule has 1 heterocycles. The number of rotatable bonds is 11. The topological polar surface area (TPSA) is 174 Å². The highest BCUT2D eigenvalue weighted by atomic mass is 32.2. The number of ketones is 1. The van der Waals surface area contributed by atoms with Crippen LogP contribution in [0.25, 0.3) is 0 Å². The number of hydrogen-bond donors (Lipinski definition) is 3. The first-order valence-corrected chi connectivity index (χ1v) is 20.6. The first-order chi connectivity index (χ1) is 25.6. The van der Waals surface area contributed by atoms with Crippen LogP contribution in [0.5, 0.6) is 5.88 Å². The van der Waals surface area contributed by atoms with Crippen molar-refractivity contribution in [1.29, 1.82) is 0 Å². The zero-order valence-corrected chi connectivity index (χ0v) is 32.8. The van der Waals surface area contributed by atoms with Gasteiger partial charge in [0.2, 0.25) is 11.8 Å². The third-order valence-corrected chi connectivity index (χ3v) is 14.9. The number of thioether (sulfide) groups is 1. The number of methoxy groups -OCH3 is 1.